The molecule has 2 aromatic rings. The molecule has 0 fully saturated rings. The molecule has 1 aromatic heterocycles. The molecule has 1 aliphatic rings. The summed E-state index contributed by atoms with van der Waals surface area (Å²) in [4.78, 5) is 4.08. The van der Waals surface area contributed by atoms with Crippen molar-refractivity contribution in [2.75, 3.05) is 6.61 Å². The van der Waals surface area contributed by atoms with Crippen LogP contribution in [0.4, 0.5) is 0 Å². The van der Waals surface area contributed by atoms with Crippen LogP contribution < -0.4 is 4.74 Å². The molecule has 0 saturated carbocycles. The summed E-state index contributed by atoms with van der Waals surface area (Å²) in [5.41, 5.74) is 2.55. The van der Waals surface area contributed by atoms with E-state index in [9.17, 15) is 5.11 Å². The Hall–Kier alpha value is -1.87. The van der Waals surface area contributed by atoms with Gasteiger partial charge in [0.05, 0.1) is 12.2 Å². The lowest BCUT2D eigenvalue weighted by atomic mass is 9.90. The van der Waals surface area contributed by atoms with E-state index in [-0.39, 0.29) is 0 Å². The first kappa shape index (κ1) is 13.1. The van der Waals surface area contributed by atoms with Crippen LogP contribution in [0.25, 0.3) is 0 Å². The number of hydrogen-bond donors (Lipinski definition) is 1. The van der Waals surface area contributed by atoms with Crippen LogP contribution in [-0.4, -0.2) is 16.7 Å². The molecule has 1 unspecified atom stereocenters. The number of fused-ring (bicyclic) bond motifs is 1. The van der Waals surface area contributed by atoms with E-state index in [4.69, 9.17) is 4.74 Å². The van der Waals surface area contributed by atoms with Gasteiger partial charge in [0, 0.05) is 24.4 Å². The summed E-state index contributed by atoms with van der Waals surface area (Å²) in [5, 5.41) is 10.6. The van der Waals surface area contributed by atoms with Crippen LogP contribution >= 0.6 is 0 Å². The molecule has 3 heteroatoms. The van der Waals surface area contributed by atoms with E-state index in [0.29, 0.717) is 6.42 Å². The normalized spacial score (nSPS) is 16.3. The number of hydrogen-bond acceptors (Lipinski definition) is 3. The highest BCUT2D eigenvalue weighted by atomic mass is 16.5. The maximum absolute atomic E-state index is 10.6. The second kappa shape index (κ2) is 5.25. The molecule has 2 heterocycles. The fourth-order valence-corrected chi connectivity index (χ4v) is 2.61. The SMILES string of the molecule is CC(O)(CCc1ccc2c(c1)CCO2)c1cccnc1. The summed E-state index contributed by atoms with van der Waals surface area (Å²) in [6, 6.07) is 10.1. The molecule has 3 nitrogen and oxygen atoms in total. The fourth-order valence-electron chi connectivity index (χ4n) is 2.61. The Bertz CT molecular complexity index is 593. The van der Waals surface area contributed by atoms with E-state index in [1.54, 1.807) is 12.4 Å². The highest BCUT2D eigenvalue weighted by Crippen LogP contribution is 2.29. The largest absolute Gasteiger partial charge is 0.493 e. The smallest absolute Gasteiger partial charge is 0.122 e. The van der Waals surface area contributed by atoms with Gasteiger partial charge in [0.1, 0.15) is 5.75 Å². The third-order valence-electron chi connectivity index (χ3n) is 3.94. The van der Waals surface area contributed by atoms with E-state index in [1.807, 2.05) is 25.1 Å². The zero-order valence-electron chi connectivity index (χ0n) is 11.7. The van der Waals surface area contributed by atoms with Gasteiger partial charge in [-0.2, -0.15) is 0 Å². The third kappa shape index (κ3) is 2.68. The van der Waals surface area contributed by atoms with Gasteiger partial charge in [-0.25, -0.2) is 0 Å². The molecule has 1 aromatic carbocycles. The molecule has 0 bridgehead atoms. The number of rotatable bonds is 4. The van der Waals surface area contributed by atoms with Gasteiger partial charge in [0.2, 0.25) is 0 Å². The van der Waals surface area contributed by atoms with Crippen molar-refractivity contribution in [1.29, 1.82) is 0 Å². The van der Waals surface area contributed by atoms with Crippen LogP contribution in [0.2, 0.25) is 0 Å². The number of aryl methyl sites for hydroxylation is 1. The molecule has 1 atom stereocenters. The number of ether oxygens (including phenoxy) is 1. The molecule has 0 amide bonds. The summed E-state index contributed by atoms with van der Waals surface area (Å²) in [7, 11) is 0. The molecule has 20 heavy (non-hydrogen) atoms. The number of aromatic nitrogens is 1. The van der Waals surface area contributed by atoms with Crippen molar-refractivity contribution < 1.29 is 9.84 Å². The third-order valence-corrected chi connectivity index (χ3v) is 3.94. The maximum atomic E-state index is 10.6. The first-order valence-electron chi connectivity index (χ1n) is 7.03. The Labute approximate surface area is 119 Å². The predicted molar refractivity (Wildman–Crippen MR) is 77.8 cm³/mol. The predicted octanol–water partition coefficient (Wildman–Crippen LogP) is 2.86. The quantitative estimate of drug-likeness (QED) is 0.928. The topological polar surface area (TPSA) is 42.4 Å². The molecule has 0 saturated heterocycles. The molecule has 0 radical (unpaired) electrons. The lowest BCUT2D eigenvalue weighted by molar-refractivity contribution is 0.0477. The highest BCUT2D eigenvalue weighted by molar-refractivity contribution is 5.40. The van der Waals surface area contributed by atoms with E-state index in [0.717, 1.165) is 30.8 Å². The number of nitrogens with zero attached hydrogens (tertiary/aromatic N) is 1. The molecule has 3 rings (SSSR count). The van der Waals surface area contributed by atoms with Gasteiger partial charge in [-0.05, 0) is 43.0 Å². The maximum Gasteiger partial charge on any atom is 0.122 e. The van der Waals surface area contributed by atoms with E-state index < -0.39 is 5.60 Å². The van der Waals surface area contributed by atoms with Gasteiger partial charge in [0.25, 0.3) is 0 Å². The molecule has 0 spiro atoms. The molecular formula is C17H19NO2. The number of aliphatic hydroxyl groups is 1. The fraction of sp³-hybridized carbons (Fsp3) is 0.353. The second-order valence-corrected chi connectivity index (χ2v) is 5.56. The van der Waals surface area contributed by atoms with Crippen molar-refractivity contribution in [3.05, 3.63) is 59.4 Å². The minimum atomic E-state index is -0.843. The summed E-state index contributed by atoms with van der Waals surface area (Å²) in [6.07, 6.45) is 5.96. The van der Waals surface area contributed by atoms with Gasteiger partial charge >= 0.3 is 0 Å². The second-order valence-electron chi connectivity index (χ2n) is 5.56. The monoisotopic (exact) mass is 269 g/mol. The molecule has 0 aliphatic carbocycles. The number of pyridine rings is 1. The Kier molecular flexibility index (Phi) is 3.45. The van der Waals surface area contributed by atoms with Gasteiger partial charge in [-0.15, -0.1) is 0 Å². The van der Waals surface area contributed by atoms with Crippen LogP contribution in [0.15, 0.2) is 42.7 Å². The summed E-state index contributed by atoms with van der Waals surface area (Å²) in [6.45, 7) is 2.63. The van der Waals surface area contributed by atoms with Crippen molar-refractivity contribution >= 4 is 0 Å². The van der Waals surface area contributed by atoms with Crippen molar-refractivity contribution in [2.24, 2.45) is 0 Å². The minimum absolute atomic E-state index is 0.679. The van der Waals surface area contributed by atoms with E-state index in [1.165, 1.54) is 11.1 Å². The lowest BCUT2D eigenvalue weighted by Crippen LogP contribution is -2.22. The standard InChI is InChI=1S/C17H19NO2/c1-17(19,15-3-2-9-18-12-15)8-6-13-4-5-16-14(11-13)7-10-20-16/h2-5,9,11-12,19H,6-8,10H2,1H3. The van der Waals surface area contributed by atoms with Crippen molar-refractivity contribution in [3.63, 3.8) is 0 Å². The average molecular weight is 269 g/mol. The summed E-state index contributed by atoms with van der Waals surface area (Å²) >= 11 is 0. The number of benzene rings is 1. The van der Waals surface area contributed by atoms with Gasteiger partial charge in [-0.1, -0.05) is 18.2 Å². The Balaban J connectivity index is 1.70. The lowest BCUT2D eigenvalue weighted by Gasteiger charge is -2.23. The zero-order valence-corrected chi connectivity index (χ0v) is 11.7. The van der Waals surface area contributed by atoms with Crippen LogP contribution in [0.1, 0.15) is 30.0 Å². The Morgan fingerprint density at radius 1 is 1.35 bits per heavy atom. The first-order chi connectivity index (χ1) is 9.65. The Morgan fingerprint density at radius 3 is 3.05 bits per heavy atom. The van der Waals surface area contributed by atoms with Crippen molar-refractivity contribution in [2.45, 2.75) is 31.8 Å². The average Bonchev–Trinajstić information content (AvgIpc) is 2.94. The summed E-state index contributed by atoms with van der Waals surface area (Å²) in [5.74, 6) is 1.01. The van der Waals surface area contributed by atoms with Crippen LogP contribution in [0.3, 0.4) is 0 Å². The molecular weight excluding hydrogens is 250 g/mol. The molecule has 1 aliphatic heterocycles. The van der Waals surface area contributed by atoms with Crippen LogP contribution in [0, 0.1) is 0 Å². The van der Waals surface area contributed by atoms with Crippen LogP contribution in [-0.2, 0) is 18.4 Å². The minimum Gasteiger partial charge on any atom is -0.493 e. The highest BCUT2D eigenvalue weighted by Gasteiger charge is 2.23. The van der Waals surface area contributed by atoms with Crippen molar-refractivity contribution in [3.8, 4) is 5.75 Å². The van der Waals surface area contributed by atoms with Gasteiger partial charge < -0.3 is 9.84 Å². The first-order valence-corrected chi connectivity index (χ1v) is 7.03. The van der Waals surface area contributed by atoms with E-state index in [2.05, 4.69) is 17.1 Å². The zero-order chi connectivity index (χ0) is 14.0. The van der Waals surface area contributed by atoms with Crippen molar-refractivity contribution in [1.82, 2.24) is 4.98 Å². The van der Waals surface area contributed by atoms with Crippen LogP contribution in [0.5, 0.6) is 5.75 Å². The molecule has 1 N–H and O–H groups in total. The van der Waals surface area contributed by atoms with Gasteiger partial charge in [-0.3, -0.25) is 4.98 Å². The van der Waals surface area contributed by atoms with Gasteiger partial charge in [0.15, 0.2) is 0 Å². The summed E-state index contributed by atoms with van der Waals surface area (Å²) < 4.78 is 5.51. The Morgan fingerprint density at radius 2 is 2.25 bits per heavy atom. The van der Waals surface area contributed by atoms with E-state index >= 15 is 0 Å². The molecule has 104 valence electrons.